The fourth-order valence-electron chi connectivity index (χ4n) is 4.30. The largest absolute Gasteiger partial charge is 0.550 e. The number of carboxylic acids is 1. The average Bonchev–Trinajstić information content (AvgIpc) is 3.08. The van der Waals surface area contributed by atoms with Crippen molar-refractivity contribution in [1.82, 2.24) is 9.13 Å². The van der Waals surface area contributed by atoms with Gasteiger partial charge in [-0.15, -0.1) is 0 Å². The van der Waals surface area contributed by atoms with Crippen molar-refractivity contribution in [3.8, 4) is 0 Å². The summed E-state index contributed by atoms with van der Waals surface area (Å²) in [6, 6.07) is 12.5. The predicted molar refractivity (Wildman–Crippen MR) is 127 cm³/mol. The van der Waals surface area contributed by atoms with Gasteiger partial charge in [0.05, 0.1) is 28.6 Å². The van der Waals surface area contributed by atoms with Crippen molar-refractivity contribution >= 4 is 46.5 Å². The quantitative estimate of drug-likeness (QED) is 0.512. The molecule has 0 bridgehead atoms. The van der Waals surface area contributed by atoms with Crippen molar-refractivity contribution < 1.29 is 20.0 Å². The molecule has 0 amide bonds. The number of carbonyl (C=O) groups is 1. The molecule has 0 radical (unpaired) electrons. The highest BCUT2D eigenvalue weighted by Crippen LogP contribution is 2.44. The first-order valence-corrected chi connectivity index (χ1v) is 10.9. The maximum atomic E-state index is 13.2. The molecule has 1 aliphatic carbocycles. The minimum absolute atomic E-state index is 0.0886. The molecule has 0 fully saturated rings. The van der Waals surface area contributed by atoms with E-state index in [9.17, 15) is 14.7 Å². The van der Waals surface area contributed by atoms with Crippen molar-refractivity contribution in [1.29, 1.82) is 0 Å². The number of aliphatic carboxylic acids is 1. The fraction of sp³-hybridized carbons (Fsp3) is 0.167. The van der Waals surface area contributed by atoms with E-state index in [2.05, 4.69) is 4.99 Å². The lowest BCUT2D eigenvalue weighted by Crippen LogP contribution is -2.73. The zero-order valence-electron chi connectivity index (χ0n) is 18.3. The maximum absolute atomic E-state index is 13.2. The first-order valence-electron chi connectivity index (χ1n) is 10.1. The Morgan fingerprint density at radius 3 is 2.26 bits per heavy atom. The van der Waals surface area contributed by atoms with Crippen molar-refractivity contribution in [3.05, 3.63) is 101 Å². The number of hydrogen-bond acceptors (Lipinski definition) is 5. The van der Waals surface area contributed by atoms with E-state index in [-0.39, 0.29) is 5.76 Å². The molecule has 2 aromatic carbocycles. The number of halogens is 2. The van der Waals surface area contributed by atoms with Crippen molar-refractivity contribution in [2.75, 3.05) is 0 Å². The molecule has 1 aliphatic heterocycles. The van der Waals surface area contributed by atoms with Crippen LogP contribution >= 0.6 is 23.2 Å². The van der Waals surface area contributed by atoms with Crippen LogP contribution in [0, 0.1) is 0 Å². The number of benzene rings is 2. The number of nitrogens with zero attached hydrogens (tertiary/aromatic N) is 2. The smallest absolute Gasteiger partial charge is 0.417 e. The molecule has 0 spiro atoms. The molecule has 5 rings (SSSR count). The molecule has 2 aliphatic rings. The van der Waals surface area contributed by atoms with Gasteiger partial charge in [-0.25, -0.2) is 14.4 Å². The second-order valence-corrected chi connectivity index (χ2v) is 8.69. The van der Waals surface area contributed by atoms with Gasteiger partial charge < -0.3 is 15.0 Å². The summed E-state index contributed by atoms with van der Waals surface area (Å²) in [6.07, 6.45) is 0. The van der Waals surface area contributed by atoms with Gasteiger partial charge in [0.2, 0.25) is 0 Å². The van der Waals surface area contributed by atoms with E-state index in [1.807, 2.05) is 24.3 Å². The first kappa shape index (κ1) is 23.5. The van der Waals surface area contributed by atoms with Crippen molar-refractivity contribution in [3.63, 3.8) is 0 Å². The molecular formula is C24H19Cl2N3O5. The number of hydrogen-bond donors (Lipinski definition) is 2. The molecule has 2 N–H and O–H groups in total. The molecule has 10 heteroatoms. The van der Waals surface area contributed by atoms with E-state index < -0.39 is 23.1 Å². The molecule has 0 saturated heterocycles. The minimum atomic E-state index is -1.08. The van der Waals surface area contributed by atoms with E-state index in [4.69, 9.17) is 33.1 Å². The SMILES string of the molecule is CC(=O)[O-].Cn1c2c(c(=O)n(C)c1=O)C(c1ccc(Cl)c(Cl)c1)C1=C(O)c3ccccc3C1=[NH+]2. The van der Waals surface area contributed by atoms with Gasteiger partial charge in [0, 0.05) is 24.1 Å². The Hall–Kier alpha value is -3.62. The summed E-state index contributed by atoms with van der Waals surface area (Å²) in [5.41, 5.74) is 2.86. The number of fused-ring (bicyclic) bond motifs is 4. The van der Waals surface area contributed by atoms with Gasteiger partial charge in [0.25, 0.3) is 11.4 Å². The summed E-state index contributed by atoms with van der Waals surface area (Å²) in [7, 11) is 3.04. The van der Waals surface area contributed by atoms with E-state index in [1.54, 1.807) is 25.2 Å². The molecule has 0 saturated carbocycles. The minimum Gasteiger partial charge on any atom is -0.550 e. The van der Waals surface area contributed by atoms with Gasteiger partial charge in [0.15, 0.2) is 0 Å². The van der Waals surface area contributed by atoms with Crippen LogP contribution in [0.25, 0.3) is 5.76 Å². The number of aliphatic hydroxyl groups excluding tert-OH is 1. The Bertz CT molecular complexity index is 1550. The van der Waals surface area contributed by atoms with E-state index in [0.717, 1.165) is 17.1 Å². The summed E-state index contributed by atoms with van der Waals surface area (Å²) in [4.78, 5) is 37.9. The Morgan fingerprint density at radius 1 is 1.03 bits per heavy atom. The third kappa shape index (κ3) is 3.65. The van der Waals surface area contributed by atoms with Crippen LogP contribution in [0.15, 0.2) is 57.6 Å². The van der Waals surface area contributed by atoms with Crippen LogP contribution in [0.5, 0.6) is 0 Å². The van der Waals surface area contributed by atoms with E-state index in [0.29, 0.717) is 43.8 Å². The lowest BCUT2D eigenvalue weighted by molar-refractivity contribution is -0.364. The van der Waals surface area contributed by atoms with Gasteiger partial charge >= 0.3 is 5.69 Å². The standard InChI is InChI=1S/C22H15Cl2N3O3.C2H4O2/c1-26-20-17(21(29)27(2)22(26)30)15(10-7-8-13(23)14(24)9-10)16-18(25-20)11-5-3-4-6-12(11)19(16)28;1-2(3)4/h3-9,15,28H,1-2H3;1H3,(H,3,4). The molecule has 1 atom stereocenters. The van der Waals surface area contributed by atoms with Crippen LogP contribution in [0.3, 0.4) is 0 Å². The molecule has 3 aromatic rings. The highest BCUT2D eigenvalue weighted by Gasteiger charge is 2.44. The highest BCUT2D eigenvalue weighted by atomic mass is 35.5. The Labute approximate surface area is 203 Å². The fourth-order valence-corrected chi connectivity index (χ4v) is 4.61. The van der Waals surface area contributed by atoms with Crippen LogP contribution in [0.4, 0.5) is 5.82 Å². The van der Waals surface area contributed by atoms with Crippen LogP contribution in [-0.4, -0.2) is 25.9 Å². The molecule has 8 nitrogen and oxygen atoms in total. The van der Waals surface area contributed by atoms with Crippen LogP contribution in [0.1, 0.15) is 35.1 Å². The average molecular weight is 500 g/mol. The third-order valence-electron chi connectivity index (χ3n) is 5.77. The van der Waals surface area contributed by atoms with Gasteiger partial charge in [-0.2, -0.15) is 4.57 Å². The Morgan fingerprint density at radius 2 is 1.65 bits per heavy atom. The molecule has 1 unspecified atom stereocenters. The monoisotopic (exact) mass is 499 g/mol. The normalized spacial score (nSPS) is 15.6. The summed E-state index contributed by atoms with van der Waals surface area (Å²) in [5.74, 6) is -1.24. The summed E-state index contributed by atoms with van der Waals surface area (Å²) in [5, 5.41) is 20.7. The zero-order chi connectivity index (χ0) is 24.9. The van der Waals surface area contributed by atoms with Gasteiger partial charge in [0.1, 0.15) is 17.0 Å². The molecule has 1 aromatic heterocycles. The lowest BCUT2D eigenvalue weighted by atomic mass is 9.81. The topological polar surface area (TPSA) is 118 Å². The number of carbonyl (C=O) groups excluding carboxylic acids is 1. The summed E-state index contributed by atoms with van der Waals surface area (Å²) < 4.78 is 2.47. The Balaban J connectivity index is 0.000000636. The first-order chi connectivity index (χ1) is 16.0. The van der Waals surface area contributed by atoms with Crippen LogP contribution in [-0.2, 0) is 18.9 Å². The number of carboxylic acid groups (broad SMARTS) is 1. The predicted octanol–water partition coefficient (Wildman–Crippen LogP) is 0.777. The molecule has 34 heavy (non-hydrogen) atoms. The van der Waals surface area contributed by atoms with Gasteiger partial charge in [-0.05, 0) is 30.7 Å². The molecule has 174 valence electrons. The van der Waals surface area contributed by atoms with Gasteiger partial charge in [-0.3, -0.25) is 4.79 Å². The summed E-state index contributed by atoms with van der Waals surface area (Å²) >= 11 is 12.4. The molecule has 2 heterocycles. The second-order valence-electron chi connectivity index (χ2n) is 7.87. The van der Waals surface area contributed by atoms with Crippen LogP contribution < -0.4 is 21.3 Å². The highest BCUT2D eigenvalue weighted by molar-refractivity contribution is 6.42. The lowest BCUT2D eigenvalue weighted by Gasteiger charge is -2.24. The maximum Gasteiger partial charge on any atom is 0.417 e. The second kappa shape index (κ2) is 8.62. The van der Waals surface area contributed by atoms with E-state index >= 15 is 0 Å². The zero-order valence-corrected chi connectivity index (χ0v) is 19.9. The van der Waals surface area contributed by atoms with Crippen molar-refractivity contribution in [2.45, 2.75) is 12.8 Å². The third-order valence-corrected chi connectivity index (χ3v) is 6.51. The van der Waals surface area contributed by atoms with Crippen molar-refractivity contribution in [2.24, 2.45) is 14.1 Å². The number of rotatable bonds is 1. The van der Waals surface area contributed by atoms with E-state index in [1.165, 1.54) is 11.6 Å². The van der Waals surface area contributed by atoms with Crippen LogP contribution in [0.2, 0.25) is 10.0 Å². The number of aliphatic hydroxyl groups is 1. The number of aromatic nitrogens is 2. The van der Waals surface area contributed by atoms with Gasteiger partial charge in [-0.1, -0.05) is 47.5 Å². The number of nitrogens with one attached hydrogen (secondary N) is 1. The Kier molecular flexibility index (Phi) is 5.97. The summed E-state index contributed by atoms with van der Waals surface area (Å²) in [6.45, 7) is 0.972. The number of allylic oxidation sites excluding steroid dienone is 1. The molecular weight excluding hydrogens is 481 g/mol.